The molecule has 3 rings (SSSR count). The van der Waals surface area contributed by atoms with E-state index in [1.165, 1.54) is 0 Å². The first-order valence-electron chi connectivity index (χ1n) is 6.08. The molecule has 0 saturated carbocycles. The third-order valence-corrected chi connectivity index (χ3v) is 2.86. The van der Waals surface area contributed by atoms with Gasteiger partial charge in [0.15, 0.2) is 5.65 Å². The van der Waals surface area contributed by atoms with Crippen molar-refractivity contribution in [1.82, 2.24) is 14.6 Å². The van der Waals surface area contributed by atoms with Crippen molar-refractivity contribution in [3.8, 4) is 11.3 Å². The lowest BCUT2D eigenvalue weighted by molar-refractivity contribution is 0.0528. The zero-order valence-electron chi connectivity index (χ0n) is 10.5. The highest BCUT2D eigenvalue weighted by Crippen LogP contribution is 2.20. The van der Waals surface area contributed by atoms with E-state index in [-0.39, 0.29) is 5.97 Å². The average molecular weight is 255 g/mol. The second-order valence-corrected chi connectivity index (χ2v) is 4.09. The lowest BCUT2D eigenvalue weighted by atomic mass is 10.2. The summed E-state index contributed by atoms with van der Waals surface area (Å²) in [6.45, 7) is 2.13. The maximum atomic E-state index is 11.8. The summed E-state index contributed by atoms with van der Waals surface area (Å²) in [4.78, 5) is 16.2. The molecular formula is C14H13N3O2. The van der Waals surface area contributed by atoms with Gasteiger partial charge in [0.25, 0.3) is 0 Å². The van der Waals surface area contributed by atoms with Crippen molar-refractivity contribution < 1.29 is 9.53 Å². The van der Waals surface area contributed by atoms with Crippen LogP contribution in [0.3, 0.4) is 0 Å². The molecule has 0 aliphatic heterocycles. The van der Waals surface area contributed by atoms with Crippen molar-refractivity contribution in [2.45, 2.75) is 6.92 Å². The summed E-state index contributed by atoms with van der Waals surface area (Å²) in [5, 5.41) is 2.97. The molecule has 1 N–H and O–H groups in total. The molecule has 0 radical (unpaired) electrons. The lowest BCUT2D eigenvalue weighted by Crippen LogP contribution is -2.03. The predicted molar refractivity (Wildman–Crippen MR) is 70.9 cm³/mol. The Morgan fingerprint density at radius 1 is 1.37 bits per heavy atom. The van der Waals surface area contributed by atoms with Crippen molar-refractivity contribution in [1.29, 1.82) is 0 Å². The number of esters is 1. The molecule has 0 amide bonds. The molecule has 2 aromatic heterocycles. The maximum absolute atomic E-state index is 11.8. The van der Waals surface area contributed by atoms with Crippen LogP contribution in [0, 0.1) is 0 Å². The van der Waals surface area contributed by atoms with E-state index in [9.17, 15) is 4.79 Å². The molecule has 5 nitrogen and oxygen atoms in total. The van der Waals surface area contributed by atoms with E-state index in [2.05, 4.69) is 10.1 Å². The number of hydrogen-bond acceptors (Lipinski definition) is 3. The van der Waals surface area contributed by atoms with E-state index < -0.39 is 0 Å². The van der Waals surface area contributed by atoms with Crippen molar-refractivity contribution in [2.75, 3.05) is 6.61 Å². The fourth-order valence-corrected chi connectivity index (χ4v) is 1.97. The number of hydrogen-bond donors (Lipinski definition) is 1. The third kappa shape index (κ3) is 1.99. The quantitative estimate of drug-likeness (QED) is 0.731. The molecule has 0 fully saturated rings. The molecule has 0 saturated heterocycles. The second kappa shape index (κ2) is 4.61. The Kier molecular flexibility index (Phi) is 2.79. The minimum absolute atomic E-state index is 0.350. The molecule has 0 unspecified atom stereocenters. The van der Waals surface area contributed by atoms with Crippen LogP contribution < -0.4 is 0 Å². The van der Waals surface area contributed by atoms with Gasteiger partial charge in [0.2, 0.25) is 0 Å². The number of benzene rings is 1. The fraction of sp³-hybridized carbons (Fsp3) is 0.143. The van der Waals surface area contributed by atoms with Gasteiger partial charge in [0.1, 0.15) is 5.56 Å². The van der Waals surface area contributed by atoms with E-state index in [4.69, 9.17) is 4.74 Å². The van der Waals surface area contributed by atoms with Crippen molar-refractivity contribution in [3.63, 3.8) is 0 Å². The number of rotatable bonds is 3. The molecule has 0 aliphatic rings. The lowest BCUT2D eigenvalue weighted by Gasteiger charge is -1.97. The highest BCUT2D eigenvalue weighted by atomic mass is 16.5. The van der Waals surface area contributed by atoms with E-state index in [1.807, 2.05) is 36.5 Å². The van der Waals surface area contributed by atoms with Gasteiger partial charge in [-0.15, -0.1) is 0 Å². The van der Waals surface area contributed by atoms with E-state index >= 15 is 0 Å². The number of nitrogens with one attached hydrogen (secondary N) is 1. The molecule has 5 heteroatoms. The number of fused-ring (bicyclic) bond motifs is 1. The van der Waals surface area contributed by atoms with E-state index in [1.54, 1.807) is 17.6 Å². The van der Waals surface area contributed by atoms with Gasteiger partial charge in [-0.25, -0.2) is 14.3 Å². The normalized spacial score (nSPS) is 10.8. The molecule has 2 heterocycles. The van der Waals surface area contributed by atoms with Crippen LogP contribution in [0.4, 0.5) is 0 Å². The maximum Gasteiger partial charge on any atom is 0.343 e. The summed E-state index contributed by atoms with van der Waals surface area (Å²) < 4.78 is 6.71. The van der Waals surface area contributed by atoms with Crippen molar-refractivity contribution in [3.05, 3.63) is 48.3 Å². The molecular weight excluding hydrogens is 242 g/mol. The Balaban J connectivity index is 2.05. The predicted octanol–water partition coefficient (Wildman–Crippen LogP) is 2.51. The number of aromatic amines is 1. The molecule has 0 bridgehead atoms. The number of nitrogens with zero attached hydrogens (tertiary/aromatic N) is 2. The average Bonchev–Trinajstić information content (AvgIpc) is 2.99. The van der Waals surface area contributed by atoms with Crippen LogP contribution in [0.1, 0.15) is 17.3 Å². The molecule has 0 spiro atoms. The molecule has 1 aromatic carbocycles. The number of H-pyrrole nitrogens is 1. The molecule has 0 aliphatic carbocycles. The van der Waals surface area contributed by atoms with Crippen molar-refractivity contribution >= 4 is 11.6 Å². The summed E-state index contributed by atoms with van der Waals surface area (Å²) in [5.74, 6) is -0.362. The number of aromatic nitrogens is 3. The molecule has 19 heavy (non-hydrogen) atoms. The fourth-order valence-electron chi connectivity index (χ4n) is 1.97. The van der Waals surface area contributed by atoms with Gasteiger partial charge >= 0.3 is 5.97 Å². The Hall–Kier alpha value is -2.56. The first-order chi connectivity index (χ1) is 9.29. The zero-order chi connectivity index (χ0) is 13.2. The van der Waals surface area contributed by atoms with Gasteiger partial charge in [-0.1, -0.05) is 30.3 Å². The summed E-state index contributed by atoms with van der Waals surface area (Å²) in [6, 6.07) is 9.82. The second-order valence-electron chi connectivity index (χ2n) is 4.09. The topological polar surface area (TPSA) is 59.4 Å². The minimum Gasteiger partial charge on any atom is -0.462 e. The molecule has 0 atom stereocenters. The number of carbonyl (C=O) groups is 1. The first-order valence-corrected chi connectivity index (χ1v) is 6.08. The van der Waals surface area contributed by atoms with Gasteiger partial charge in [-0.05, 0) is 6.92 Å². The van der Waals surface area contributed by atoms with Crippen LogP contribution in [-0.4, -0.2) is 27.2 Å². The number of carbonyl (C=O) groups excluding carboxylic acids is 1. The van der Waals surface area contributed by atoms with Crippen LogP contribution >= 0.6 is 0 Å². The van der Waals surface area contributed by atoms with Gasteiger partial charge in [0, 0.05) is 11.8 Å². The van der Waals surface area contributed by atoms with Gasteiger partial charge < -0.3 is 4.74 Å². The van der Waals surface area contributed by atoms with Crippen LogP contribution in [0.25, 0.3) is 16.9 Å². The molecule has 96 valence electrons. The van der Waals surface area contributed by atoms with Crippen LogP contribution in [-0.2, 0) is 4.74 Å². The smallest absolute Gasteiger partial charge is 0.343 e. The summed E-state index contributed by atoms with van der Waals surface area (Å²) in [7, 11) is 0. The van der Waals surface area contributed by atoms with Gasteiger partial charge in [-0.3, -0.25) is 5.10 Å². The van der Waals surface area contributed by atoms with E-state index in [0.717, 1.165) is 11.3 Å². The van der Waals surface area contributed by atoms with Crippen LogP contribution in [0.2, 0.25) is 0 Å². The van der Waals surface area contributed by atoms with Gasteiger partial charge in [0.05, 0.1) is 18.5 Å². The first kappa shape index (κ1) is 11.5. The highest BCUT2D eigenvalue weighted by molar-refractivity contribution is 5.96. The van der Waals surface area contributed by atoms with Crippen molar-refractivity contribution in [2.24, 2.45) is 0 Å². The molecule has 3 aromatic rings. The van der Waals surface area contributed by atoms with Crippen LogP contribution in [0.5, 0.6) is 0 Å². The summed E-state index contributed by atoms with van der Waals surface area (Å²) >= 11 is 0. The summed E-state index contributed by atoms with van der Waals surface area (Å²) in [6.07, 6.45) is 3.46. The summed E-state index contributed by atoms with van der Waals surface area (Å²) in [5.41, 5.74) is 2.86. The Morgan fingerprint density at radius 2 is 2.16 bits per heavy atom. The largest absolute Gasteiger partial charge is 0.462 e. The number of ether oxygens (including phenoxy) is 1. The van der Waals surface area contributed by atoms with Gasteiger partial charge in [-0.2, -0.15) is 0 Å². The van der Waals surface area contributed by atoms with E-state index in [0.29, 0.717) is 17.8 Å². The monoisotopic (exact) mass is 255 g/mol. The Bertz CT molecular complexity index is 713. The zero-order valence-corrected chi connectivity index (χ0v) is 10.5. The highest BCUT2D eigenvalue weighted by Gasteiger charge is 2.16. The number of imidazole rings is 1. The third-order valence-electron chi connectivity index (χ3n) is 2.86. The Morgan fingerprint density at radius 3 is 2.89 bits per heavy atom. The van der Waals surface area contributed by atoms with Crippen LogP contribution in [0.15, 0.2) is 42.7 Å². The SMILES string of the molecule is CCOC(=O)c1c[nH]n2cc(-c3ccccc3)nc12. The standard InChI is InChI=1S/C14H13N3O2/c1-2-19-14(18)11-8-15-17-9-12(16-13(11)17)10-6-4-3-5-7-10/h3-9,15H,2H2,1H3. The minimum atomic E-state index is -0.362. The Labute approximate surface area is 109 Å².